The largest absolute Gasteiger partial charge is 0.364 e. The Bertz CT molecular complexity index is 462. The van der Waals surface area contributed by atoms with Crippen molar-refractivity contribution in [2.45, 2.75) is 83.8 Å². The second kappa shape index (κ2) is 4.43. The lowest BCUT2D eigenvalue weighted by atomic mass is 9.55. The molecular formula is C18H28O2. The van der Waals surface area contributed by atoms with Crippen molar-refractivity contribution < 1.29 is 9.53 Å². The average Bonchev–Trinajstić information content (AvgIpc) is 2.58. The van der Waals surface area contributed by atoms with Crippen LogP contribution in [0.3, 0.4) is 0 Å². The van der Waals surface area contributed by atoms with Gasteiger partial charge in [0.15, 0.2) is 0 Å². The monoisotopic (exact) mass is 276 g/mol. The highest BCUT2D eigenvalue weighted by Gasteiger charge is 2.64. The molecule has 20 heavy (non-hydrogen) atoms. The highest BCUT2D eigenvalue weighted by atomic mass is 16.5. The van der Waals surface area contributed by atoms with E-state index in [4.69, 9.17) is 4.74 Å². The van der Waals surface area contributed by atoms with Gasteiger partial charge in [-0.15, -0.1) is 0 Å². The molecule has 2 bridgehead atoms. The summed E-state index contributed by atoms with van der Waals surface area (Å²) in [5.74, 6) is 0.966. The maximum atomic E-state index is 11.4. The molecule has 0 aromatic carbocycles. The molecule has 0 N–H and O–H groups in total. The van der Waals surface area contributed by atoms with Crippen LogP contribution in [-0.2, 0) is 9.53 Å². The molecule has 3 atom stereocenters. The van der Waals surface area contributed by atoms with Crippen LogP contribution >= 0.6 is 0 Å². The summed E-state index contributed by atoms with van der Waals surface area (Å²) in [5, 5.41) is 0. The standard InChI is InChI=1S/C18H28O2/c1-13(19)7-8-14-6-5-10-17(4)11-9-15-12-18(14,17)20-16(15,2)3/h6,15H,5,7-12H2,1-4H3/t15-,17+,18+/m1/s1. The summed E-state index contributed by atoms with van der Waals surface area (Å²) < 4.78 is 6.73. The zero-order valence-electron chi connectivity index (χ0n) is 13.4. The van der Waals surface area contributed by atoms with Crippen molar-refractivity contribution in [1.29, 1.82) is 0 Å². The van der Waals surface area contributed by atoms with Gasteiger partial charge in [0, 0.05) is 11.8 Å². The van der Waals surface area contributed by atoms with Gasteiger partial charge in [0.05, 0.1) is 11.2 Å². The van der Waals surface area contributed by atoms with E-state index in [2.05, 4.69) is 26.8 Å². The van der Waals surface area contributed by atoms with Crippen molar-refractivity contribution in [1.82, 2.24) is 0 Å². The minimum Gasteiger partial charge on any atom is -0.364 e. The molecule has 0 amide bonds. The number of Topliss-reactive ketones (excluding diaryl/α,β-unsaturated/α-hetero) is 1. The van der Waals surface area contributed by atoms with E-state index in [-0.39, 0.29) is 16.6 Å². The van der Waals surface area contributed by atoms with Crippen LogP contribution in [-0.4, -0.2) is 17.0 Å². The van der Waals surface area contributed by atoms with E-state index in [9.17, 15) is 4.79 Å². The molecule has 0 radical (unpaired) electrons. The molecule has 1 spiro atoms. The fourth-order valence-corrected chi connectivity index (χ4v) is 4.94. The second-order valence-corrected chi connectivity index (χ2v) is 8.00. The Hall–Kier alpha value is -0.630. The molecule has 0 unspecified atom stereocenters. The fraction of sp³-hybridized carbons (Fsp3) is 0.833. The molecule has 0 aromatic rings. The number of allylic oxidation sites excluding steroid dienone is 1. The van der Waals surface area contributed by atoms with Gasteiger partial charge in [0.25, 0.3) is 0 Å². The zero-order chi connectivity index (χ0) is 14.6. The van der Waals surface area contributed by atoms with Crippen LogP contribution in [0.25, 0.3) is 0 Å². The Morgan fingerprint density at radius 3 is 2.80 bits per heavy atom. The molecular weight excluding hydrogens is 248 g/mol. The first-order valence-corrected chi connectivity index (χ1v) is 8.18. The lowest BCUT2D eigenvalue weighted by Gasteiger charge is -2.52. The van der Waals surface area contributed by atoms with Crippen LogP contribution in [0.2, 0.25) is 0 Å². The smallest absolute Gasteiger partial charge is 0.130 e. The highest BCUT2D eigenvalue weighted by molar-refractivity contribution is 5.75. The second-order valence-electron chi connectivity index (χ2n) is 8.00. The van der Waals surface area contributed by atoms with Crippen LogP contribution in [0.5, 0.6) is 0 Å². The van der Waals surface area contributed by atoms with Gasteiger partial charge in [-0.2, -0.15) is 0 Å². The fourth-order valence-electron chi connectivity index (χ4n) is 4.94. The Morgan fingerprint density at radius 2 is 2.10 bits per heavy atom. The predicted molar refractivity (Wildman–Crippen MR) is 80.6 cm³/mol. The van der Waals surface area contributed by atoms with Gasteiger partial charge in [0.1, 0.15) is 5.78 Å². The maximum absolute atomic E-state index is 11.4. The minimum absolute atomic E-state index is 0.00951. The lowest BCUT2D eigenvalue weighted by molar-refractivity contribution is -0.133. The van der Waals surface area contributed by atoms with Gasteiger partial charge in [-0.3, -0.25) is 0 Å². The van der Waals surface area contributed by atoms with E-state index in [0.29, 0.717) is 18.1 Å². The Balaban J connectivity index is 1.96. The van der Waals surface area contributed by atoms with E-state index < -0.39 is 0 Å². The summed E-state index contributed by atoms with van der Waals surface area (Å²) in [6.45, 7) is 8.64. The number of ketones is 1. The summed E-state index contributed by atoms with van der Waals surface area (Å²) in [4.78, 5) is 11.4. The number of carbonyl (C=O) groups is 1. The van der Waals surface area contributed by atoms with E-state index in [1.54, 1.807) is 6.92 Å². The summed E-state index contributed by atoms with van der Waals surface area (Å²) in [7, 11) is 0. The number of hydrogen-bond acceptors (Lipinski definition) is 2. The normalized spacial score (nSPS) is 42.0. The van der Waals surface area contributed by atoms with Crippen LogP contribution in [0.4, 0.5) is 0 Å². The van der Waals surface area contributed by atoms with Crippen molar-refractivity contribution in [3.05, 3.63) is 11.6 Å². The molecule has 112 valence electrons. The minimum atomic E-state index is -0.0763. The molecule has 1 saturated heterocycles. The molecule has 2 fully saturated rings. The molecule has 3 rings (SSSR count). The van der Waals surface area contributed by atoms with E-state index in [1.807, 2.05) is 0 Å². The van der Waals surface area contributed by atoms with Crippen LogP contribution in [0.1, 0.15) is 72.6 Å². The molecule has 1 saturated carbocycles. The molecule has 2 heteroatoms. The highest BCUT2D eigenvalue weighted by Crippen LogP contribution is 2.64. The zero-order valence-corrected chi connectivity index (χ0v) is 13.4. The van der Waals surface area contributed by atoms with Crippen molar-refractivity contribution in [3.63, 3.8) is 0 Å². The summed E-state index contributed by atoms with van der Waals surface area (Å²) in [6, 6.07) is 0. The molecule has 3 aliphatic rings. The quantitative estimate of drug-likeness (QED) is 0.713. The number of carbonyl (C=O) groups excluding carboxylic acids is 1. The Morgan fingerprint density at radius 1 is 1.35 bits per heavy atom. The maximum Gasteiger partial charge on any atom is 0.130 e. The van der Waals surface area contributed by atoms with Crippen molar-refractivity contribution in [3.8, 4) is 0 Å². The van der Waals surface area contributed by atoms with E-state index >= 15 is 0 Å². The van der Waals surface area contributed by atoms with Crippen molar-refractivity contribution in [2.24, 2.45) is 11.3 Å². The third-order valence-corrected chi connectivity index (χ3v) is 6.33. The molecule has 2 nitrogen and oxygen atoms in total. The van der Waals surface area contributed by atoms with Crippen LogP contribution in [0, 0.1) is 11.3 Å². The molecule has 1 heterocycles. The first-order valence-electron chi connectivity index (χ1n) is 8.18. The number of rotatable bonds is 3. The van der Waals surface area contributed by atoms with E-state index in [0.717, 1.165) is 12.8 Å². The van der Waals surface area contributed by atoms with Crippen molar-refractivity contribution >= 4 is 5.78 Å². The van der Waals surface area contributed by atoms with Gasteiger partial charge in [-0.1, -0.05) is 13.0 Å². The lowest BCUT2D eigenvalue weighted by Crippen LogP contribution is -2.51. The van der Waals surface area contributed by atoms with Gasteiger partial charge in [-0.05, 0) is 70.8 Å². The Kier molecular flexibility index (Phi) is 3.17. The van der Waals surface area contributed by atoms with Crippen LogP contribution in [0.15, 0.2) is 11.6 Å². The average molecular weight is 276 g/mol. The number of fused-ring (bicyclic) bond motifs is 1. The van der Waals surface area contributed by atoms with Crippen LogP contribution < -0.4 is 0 Å². The van der Waals surface area contributed by atoms with Crippen molar-refractivity contribution in [2.75, 3.05) is 0 Å². The first kappa shape index (κ1) is 14.3. The van der Waals surface area contributed by atoms with E-state index in [1.165, 1.54) is 31.3 Å². The van der Waals surface area contributed by atoms with Gasteiger partial charge >= 0.3 is 0 Å². The third-order valence-electron chi connectivity index (χ3n) is 6.33. The number of ether oxygens (including phenoxy) is 1. The summed E-state index contributed by atoms with van der Waals surface area (Å²) in [5.41, 5.74) is 1.62. The predicted octanol–water partition coefficient (Wildman–Crippen LogP) is 4.43. The molecule has 0 aromatic heterocycles. The summed E-state index contributed by atoms with van der Waals surface area (Å²) in [6.07, 6.45) is 10.1. The third kappa shape index (κ3) is 1.91. The summed E-state index contributed by atoms with van der Waals surface area (Å²) >= 11 is 0. The molecule has 1 aliphatic heterocycles. The number of hydrogen-bond donors (Lipinski definition) is 0. The SMILES string of the molecule is CC(=O)CCC1=CCC[C@@]2(C)CC[C@@H]3C[C@]12OC3(C)C. The first-order chi connectivity index (χ1) is 9.29. The molecule has 2 aliphatic carbocycles. The topological polar surface area (TPSA) is 26.3 Å². The van der Waals surface area contributed by atoms with Gasteiger partial charge in [-0.25, -0.2) is 0 Å². The Labute approximate surface area is 123 Å². The van der Waals surface area contributed by atoms with Gasteiger partial charge < -0.3 is 9.53 Å². The van der Waals surface area contributed by atoms with Gasteiger partial charge in [0.2, 0.25) is 0 Å².